The SMILES string of the molecule is C/C=C/C(=O)NCC#Cc1ccc(C(C)=O)cc1. The van der Waals surface area contributed by atoms with Gasteiger partial charge in [-0.2, -0.15) is 0 Å². The second-order valence-electron chi connectivity index (χ2n) is 3.65. The molecule has 1 rings (SSSR count). The molecule has 0 saturated carbocycles. The monoisotopic (exact) mass is 241 g/mol. The number of rotatable bonds is 3. The molecular weight excluding hydrogens is 226 g/mol. The van der Waals surface area contributed by atoms with Gasteiger partial charge in [0.15, 0.2) is 5.78 Å². The molecule has 1 N–H and O–H groups in total. The molecule has 0 saturated heterocycles. The highest BCUT2D eigenvalue weighted by molar-refractivity contribution is 5.94. The summed E-state index contributed by atoms with van der Waals surface area (Å²) in [5, 5.41) is 2.63. The molecule has 1 aromatic rings. The van der Waals surface area contributed by atoms with Gasteiger partial charge in [0.2, 0.25) is 5.91 Å². The summed E-state index contributed by atoms with van der Waals surface area (Å²) in [6, 6.07) is 7.06. The average Bonchev–Trinajstić information content (AvgIpc) is 2.35. The van der Waals surface area contributed by atoms with Crippen molar-refractivity contribution in [2.24, 2.45) is 0 Å². The largest absolute Gasteiger partial charge is 0.342 e. The summed E-state index contributed by atoms with van der Waals surface area (Å²) in [6.45, 7) is 3.61. The molecular formula is C15H15NO2. The number of ketones is 1. The molecule has 3 nitrogen and oxygen atoms in total. The fourth-order valence-electron chi connectivity index (χ4n) is 1.28. The minimum absolute atomic E-state index is 0.0353. The predicted octanol–water partition coefficient (Wildman–Crippen LogP) is 1.93. The van der Waals surface area contributed by atoms with E-state index in [1.807, 2.05) is 0 Å². The number of hydrogen-bond donors (Lipinski definition) is 1. The van der Waals surface area contributed by atoms with Gasteiger partial charge in [-0.15, -0.1) is 0 Å². The molecule has 0 heterocycles. The first-order valence-electron chi connectivity index (χ1n) is 5.64. The van der Waals surface area contributed by atoms with Crippen molar-refractivity contribution in [3.8, 4) is 11.8 Å². The summed E-state index contributed by atoms with van der Waals surface area (Å²) in [5.41, 5.74) is 1.49. The summed E-state index contributed by atoms with van der Waals surface area (Å²) >= 11 is 0. The Hall–Kier alpha value is -2.34. The van der Waals surface area contributed by atoms with E-state index in [1.54, 1.807) is 37.3 Å². The van der Waals surface area contributed by atoms with E-state index in [1.165, 1.54) is 13.0 Å². The number of carbonyl (C=O) groups is 2. The third-order valence-electron chi connectivity index (χ3n) is 2.19. The van der Waals surface area contributed by atoms with E-state index in [4.69, 9.17) is 0 Å². The lowest BCUT2D eigenvalue weighted by molar-refractivity contribution is -0.116. The smallest absolute Gasteiger partial charge is 0.244 e. The Kier molecular flexibility index (Phi) is 5.40. The van der Waals surface area contributed by atoms with Gasteiger partial charge < -0.3 is 5.32 Å². The van der Waals surface area contributed by atoms with Crippen molar-refractivity contribution in [3.63, 3.8) is 0 Å². The van der Waals surface area contributed by atoms with Crippen LogP contribution < -0.4 is 5.32 Å². The number of hydrogen-bond acceptors (Lipinski definition) is 2. The van der Waals surface area contributed by atoms with Crippen molar-refractivity contribution in [3.05, 3.63) is 47.5 Å². The van der Waals surface area contributed by atoms with E-state index in [9.17, 15) is 9.59 Å². The van der Waals surface area contributed by atoms with E-state index in [0.29, 0.717) is 12.1 Å². The van der Waals surface area contributed by atoms with Crippen molar-refractivity contribution in [2.75, 3.05) is 6.54 Å². The Balaban J connectivity index is 2.53. The highest BCUT2D eigenvalue weighted by atomic mass is 16.1. The van der Waals surface area contributed by atoms with Crippen molar-refractivity contribution >= 4 is 11.7 Å². The Morgan fingerprint density at radius 2 is 1.94 bits per heavy atom. The number of nitrogens with one attached hydrogen (secondary N) is 1. The number of Topliss-reactive ketones (excluding diaryl/α,β-unsaturated/α-hetero) is 1. The molecule has 92 valence electrons. The quantitative estimate of drug-likeness (QED) is 0.499. The van der Waals surface area contributed by atoms with E-state index in [0.717, 1.165) is 5.56 Å². The molecule has 0 aliphatic rings. The van der Waals surface area contributed by atoms with Crippen LogP contribution in [-0.4, -0.2) is 18.2 Å². The lowest BCUT2D eigenvalue weighted by Gasteiger charge is -1.95. The summed E-state index contributed by atoms with van der Waals surface area (Å²) < 4.78 is 0. The van der Waals surface area contributed by atoms with Gasteiger partial charge in [0.25, 0.3) is 0 Å². The third-order valence-corrected chi connectivity index (χ3v) is 2.19. The van der Waals surface area contributed by atoms with Gasteiger partial charge in [-0.3, -0.25) is 9.59 Å². The lowest BCUT2D eigenvalue weighted by atomic mass is 10.1. The van der Waals surface area contributed by atoms with Crippen LogP contribution in [0.25, 0.3) is 0 Å². The number of carbonyl (C=O) groups excluding carboxylic acids is 2. The van der Waals surface area contributed by atoms with Crippen LogP contribution in [0.5, 0.6) is 0 Å². The van der Waals surface area contributed by atoms with Crippen LogP contribution in [-0.2, 0) is 4.79 Å². The molecule has 0 aliphatic heterocycles. The molecule has 18 heavy (non-hydrogen) atoms. The second-order valence-corrected chi connectivity index (χ2v) is 3.65. The predicted molar refractivity (Wildman–Crippen MR) is 71.1 cm³/mol. The first-order valence-corrected chi connectivity index (χ1v) is 5.64. The lowest BCUT2D eigenvalue weighted by Crippen LogP contribution is -2.20. The van der Waals surface area contributed by atoms with E-state index in [-0.39, 0.29) is 11.7 Å². The minimum atomic E-state index is -0.154. The molecule has 0 atom stereocenters. The zero-order chi connectivity index (χ0) is 13.4. The highest BCUT2D eigenvalue weighted by Gasteiger charge is 1.96. The second kappa shape index (κ2) is 7.08. The van der Waals surface area contributed by atoms with Crippen LogP contribution >= 0.6 is 0 Å². The Morgan fingerprint density at radius 1 is 1.28 bits per heavy atom. The van der Waals surface area contributed by atoms with Crippen LogP contribution in [0, 0.1) is 11.8 Å². The van der Waals surface area contributed by atoms with Gasteiger partial charge in [0.1, 0.15) is 0 Å². The summed E-state index contributed by atoms with van der Waals surface area (Å²) in [4.78, 5) is 22.1. The minimum Gasteiger partial charge on any atom is -0.342 e. The topological polar surface area (TPSA) is 46.2 Å². The van der Waals surface area contributed by atoms with E-state index in [2.05, 4.69) is 17.2 Å². The molecule has 0 aromatic heterocycles. The normalized spacial score (nSPS) is 9.67. The fourth-order valence-corrected chi connectivity index (χ4v) is 1.28. The van der Waals surface area contributed by atoms with E-state index >= 15 is 0 Å². The number of amides is 1. The fraction of sp³-hybridized carbons (Fsp3) is 0.200. The maximum Gasteiger partial charge on any atom is 0.244 e. The van der Waals surface area contributed by atoms with Crippen LogP contribution in [0.3, 0.4) is 0 Å². The molecule has 0 radical (unpaired) electrons. The molecule has 0 fully saturated rings. The molecule has 3 heteroatoms. The van der Waals surface area contributed by atoms with Gasteiger partial charge in [-0.1, -0.05) is 30.0 Å². The first kappa shape index (κ1) is 13.7. The van der Waals surface area contributed by atoms with Gasteiger partial charge in [-0.05, 0) is 32.1 Å². The Bertz CT molecular complexity index is 516. The van der Waals surface area contributed by atoms with Gasteiger partial charge in [0.05, 0.1) is 6.54 Å². The molecule has 0 unspecified atom stereocenters. The van der Waals surface area contributed by atoms with Crippen molar-refractivity contribution in [1.82, 2.24) is 5.32 Å². The number of benzene rings is 1. The van der Waals surface area contributed by atoms with Gasteiger partial charge >= 0.3 is 0 Å². The number of allylic oxidation sites excluding steroid dienone is 1. The summed E-state index contributed by atoms with van der Waals surface area (Å²) in [6.07, 6.45) is 3.12. The molecule has 0 bridgehead atoms. The molecule has 1 aromatic carbocycles. The molecule has 1 amide bonds. The summed E-state index contributed by atoms with van der Waals surface area (Å²) in [5.74, 6) is 5.63. The Labute approximate surface area is 107 Å². The average molecular weight is 241 g/mol. The first-order chi connectivity index (χ1) is 8.63. The van der Waals surface area contributed by atoms with Crippen molar-refractivity contribution < 1.29 is 9.59 Å². The zero-order valence-electron chi connectivity index (χ0n) is 10.5. The van der Waals surface area contributed by atoms with Crippen LogP contribution in [0.15, 0.2) is 36.4 Å². The molecule has 0 aliphatic carbocycles. The van der Waals surface area contributed by atoms with E-state index < -0.39 is 0 Å². The van der Waals surface area contributed by atoms with Crippen LogP contribution in [0.1, 0.15) is 29.8 Å². The maximum atomic E-state index is 11.1. The standard InChI is InChI=1S/C15H15NO2/c1-3-5-15(18)16-11-4-6-13-7-9-14(10-8-13)12(2)17/h3,5,7-10H,11H2,1-2H3,(H,16,18)/b5-3+. The van der Waals surface area contributed by atoms with Crippen molar-refractivity contribution in [1.29, 1.82) is 0 Å². The van der Waals surface area contributed by atoms with Crippen LogP contribution in [0.4, 0.5) is 0 Å². The maximum absolute atomic E-state index is 11.1. The van der Waals surface area contributed by atoms with Gasteiger partial charge in [0, 0.05) is 11.1 Å². The zero-order valence-corrected chi connectivity index (χ0v) is 10.5. The third kappa shape index (κ3) is 4.67. The highest BCUT2D eigenvalue weighted by Crippen LogP contribution is 2.03. The molecule has 0 spiro atoms. The van der Waals surface area contributed by atoms with Crippen LogP contribution in [0.2, 0.25) is 0 Å². The van der Waals surface area contributed by atoms with Crippen molar-refractivity contribution in [2.45, 2.75) is 13.8 Å². The van der Waals surface area contributed by atoms with Gasteiger partial charge in [-0.25, -0.2) is 0 Å². The Morgan fingerprint density at radius 3 is 2.50 bits per heavy atom. The summed E-state index contributed by atoms with van der Waals surface area (Å²) in [7, 11) is 0.